The SMILES string of the molecule is CCC(C)c1noc(COCCN)n1. The lowest BCUT2D eigenvalue weighted by atomic mass is 10.1. The number of hydrogen-bond donors (Lipinski definition) is 1. The van der Waals surface area contributed by atoms with Gasteiger partial charge in [-0.3, -0.25) is 0 Å². The quantitative estimate of drug-likeness (QED) is 0.693. The van der Waals surface area contributed by atoms with Crippen LogP contribution in [-0.2, 0) is 11.3 Å². The maximum absolute atomic E-state index is 5.28. The molecule has 1 aromatic rings. The highest BCUT2D eigenvalue weighted by Gasteiger charge is 2.11. The van der Waals surface area contributed by atoms with Crippen LogP contribution in [-0.4, -0.2) is 23.3 Å². The Labute approximate surface area is 83.6 Å². The van der Waals surface area contributed by atoms with Crippen molar-refractivity contribution in [2.24, 2.45) is 5.73 Å². The minimum Gasteiger partial charge on any atom is -0.370 e. The first-order chi connectivity index (χ1) is 6.77. The fourth-order valence-electron chi connectivity index (χ4n) is 0.952. The standard InChI is InChI=1S/C9H17N3O2/c1-3-7(2)9-11-8(14-12-9)6-13-5-4-10/h7H,3-6,10H2,1-2H3. The van der Waals surface area contributed by atoms with Crippen molar-refractivity contribution in [2.75, 3.05) is 13.2 Å². The first-order valence-corrected chi connectivity index (χ1v) is 4.88. The minimum absolute atomic E-state index is 0.335. The first-order valence-electron chi connectivity index (χ1n) is 4.88. The number of ether oxygens (including phenoxy) is 1. The molecule has 0 saturated heterocycles. The Bertz CT molecular complexity index is 262. The van der Waals surface area contributed by atoms with Crippen LogP contribution >= 0.6 is 0 Å². The van der Waals surface area contributed by atoms with Gasteiger partial charge in [-0.1, -0.05) is 19.0 Å². The van der Waals surface area contributed by atoms with Gasteiger partial charge in [0.1, 0.15) is 6.61 Å². The molecular formula is C9H17N3O2. The zero-order chi connectivity index (χ0) is 10.4. The van der Waals surface area contributed by atoms with Gasteiger partial charge in [0.05, 0.1) is 6.61 Å². The Hall–Kier alpha value is -0.940. The number of rotatable bonds is 6. The van der Waals surface area contributed by atoms with Crippen LogP contribution in [0, 0.1) is 0 Å². The number of nitrogens with two attached hydrogens (primary N) is 1. The monoisotopic (exact) mass is 199 g/mol. The average Bonchev–Trinajstić information content (AvgIpc) is 2.66. The molecule has 0 spiro atoms. The second-order valence-electron chi connectivity index (χ2n) is 3.20. The molecule has 0 aliphatic rings. The third kappa shape index (κ3) is 3.08. The van der Waals surface area contributed by atoms with Crippen LogP contribution in [0.3, 0.4) is 0 Å². The van der Waals surface area contributed by atoms with E-state index in [4.69, 9.17) is 15.0 Å². The molecule has 14 heavy (non-hydrogen) atoms. The fourth-order valence-corrected chi connectivity index (χ4v) is 0.952. The van der Waals surface area contributed by atoms with E-state index in [1.54, 1.807) is 0 Å². The summed E-state index contributed by atoms with van der Waals surface area (Å²) < 4.78 is 10.2. The summed E-state index contributed by atoms with van der Waals surface area (Å²) >= 11 is 0. The van der Waals surface area contributed by atoms with E-state index in [0.717, 1.165) is 12.2 Å². The molecule has 1 unspecified atom stereocenters. The van der Waals surface area contributed by atoms with Crippen molar-refractivity contribution in [1.82, 2.24) is 10.1 Å². The van der Waals surface area contributed by atoms with Gasteiger partial charge in [-0.15, -0.1) is 0 Å². The van der Waals surface area contributed by atoms with Gasteiger partial charge in [-0.25, -0.2) is 0 Å². The lowest BCUT2D eigenvalue weighted by molar-refractivity contribution is 0.104. The molecule has 0 aliphatic carbocycles. The van der Waals surface area contributed by atoms with E-state index in [1.165, 1.54) is 0 Å². The van der Waals surface area contributed by atoms with E-state index < -0.39 is 0 Å². The number of aromatic nitrogens is 2. The van der Waals surface area contributed by atoms with E-state index in [0.29, 0.717) is 31.6 Å². The van der Waals surface area contributed by atoms with Gasteiger partial charge in [0.15, 0.2) is 5.82 Å². The van der Waals surface area contributed by atoms with Gasteiger partial charge in [0.25, 0.3) is 5.89 Å². The molecule has 0 aliphatic heterocycles. The van der Waals surface area contributed by atoms with Crippen LogP contribution < -0.4 is 5.73 Å². The molecule has 0 fully saturated rings. The van der Waals surface area contributed by atoms with Crippen molar-refractivity contribution in [1.29, 1.82) is 0 Å². The summed E-state index contributed by atoms with van der Waals surface area (Å²) in [5.41, 5.74) is 5.28. The van der Waals surface area contributed by atoms with E-state index in [-0.39, 0.29) is 0 Å². The average molecular weight is 199 g/mol. The summed E-state index contributed by atoms with van der Waals surface area (Å²) in [6.45, 7) is 5.52. The molecule has 5 heteroatoms. The summed E-state index contributed by atoms with van der Waals surface area (Å²) in [4.78, 5) is 4.21. The Morgan fingerprint density at radius 1 is 1.57 bits per heavy atom. The van der Waals surface area contributed by atoms with Gasteiger partial charge < -0.3 is 15.0 Å². The molecule has 2 N–H and O–H groups in total. The number of hydrogen-bond acceptors (Lipinski definition) is 5. The molecule has 1 atom stereocenters. The molecule has 0 bridgehead atoms. The van der Waals surface area contributed by atoms with Gasteiger partial charge >= 0.3 is 0 Å². The molecule has 0 saturated carbocycles. The predicted octanol–water partition coefficient (Wildman–Crippen LogP) is 1.06. The maximum atomic E-state index is 5.28. The Balaban J connectivity index is 2.42. The largest absolute Gasteiger partial charge is 0.370 e. The molecular weight excluding hydrogens is 182 g/mol. The van der Waals surface area contributed by atoms with Gasteiger partial charge in [-0.2, -0.15) is 4.98 Å². The van der Waals surface area contributed by atoms with Crippen molar-refractivity contribution >= 4 is 0 Å². The summed E-state index contributed by atoms with van der Waals surface area (Å²) in [6.07, 6.45) is 1.00. The van der Waals surface area contributed by atoms with Gasteiger partial charge in [0, 0.05) is 12.5 Å². The molecule has 1 aromatic heterocycles. The Morgan fingerprint density at radius 2 is 2.36 bits per heavy atom. The van der Waals surface area contributed by atoms with Crippen LogP contribution in [0.1, 0.15) is 37.9 Å². The minimum atomic E-state index is 0.335. The van der Waals surface area contributed by atoms with Crippen LogP contribution in [0.15, 0.2) is 4.52 Å². The van der Waals surface area contributed by atoms with E-state index in [2.05, 4.69) is 24.0 Å². The van der Waals surface area contributed by atoms with Crippen LogP contribution in [0.4, 0.5) is 0 Å². The summed E-state index contributed by atoms with van der Waals surface area (Å²) in [5, 5.41) is 3.87. The molecule has 1 rings (SSSR count). The topological polar surface area (TPSA) is 74.2 Å². The van der Waals surface area contributed by atoms with Crippen LogP contribution in [0.2, 0.25) is 0 Å². The first kappa shape index (κ1) is 11.1. The maximum Gasteiger partial charge on any atom is 0.252 e. The van der Waals surface area contributed by atoms with E-state index in [9.17, 15) is 0 Å². The highest BCUT2D eigenvalue weighted by atomic mass is 16.5. The summed E-state index contributed by atoms with van der Waals surface area (Å²) in [5.74, 6) is 1.61. The molecule has 0 radical (unpaired) electrons. The third-order valence-corrected chi connectivity index (χ3v) is 2.02. The van der Waals surface area contributed by atoms with Crippen LogP contribution in [0.25, 0.3) is 0 Å². The summed E-state index contributed by atoms with van der Waals surface area (Å²) in [7, 11) is 0. The number of nitrogens with zero attached hydrogens (tertiary/aromatic N) is 2. The van der Waals surface area contributed by atoms with Crippen molar-refractivity contribution in [2.45, 2.75) is 32.8 Å². The van der Waals surface area contributed by atoms with E-state index >= 15 is 0 Å². The highest BCUT2D eigenvalue weighted by molar-refractivity contribution is 4.92. The zero-order valence-corrected chi connectivity index (χ0v) is 8.69. The van der Waals surface area contributed by atoms with Crippen molar-refractivity contribution in [3.63, 3.8) is 0 Å². The van der Waals surface area contributed by atoms with Gasteiger partial charge in [0.2, 0.25) is 0 Å². The van der Waals surface area contributed by atoms with E-state index in [1.807, 2.05) is 0 Å². The van der Waals surface area contributed by atoms with Gasteiger partial charge in [-0.05, 0) is 6.42 Å². The second kappa shape index (κ2) is 5.72. The Morgan fingerprint density at radius 3 is 3.00 bits per heavy atom. The molecule has 1 heterocycles. The van der Waals surface area contributed by atoms with Crippen molar-refractivity contribution in [3.8, 4) is 0 Å². The highest BCUT2D eigenvalue weighted by Crippen LogP contribution is 2.14. The lowest BCUT2D eigenvalue weighted by Gasteiger charge is -1.99. The molecule has 80 valence electrons. The normalized spacial score (nSPS) is 13.1. The lowest BCUT2D eigenvalue weighted by Crippen LogP contribution is -2.08. The zero-order valence-electron chi connectivity index (χ0n) is 8.69. The predicted molar refractivity (Wildman–Crippen MR) is 51.7 cm³/mol. The molecule has 5 nitrogen and oxygen atoms in total. The fraction of sp³-hybridized carbons (Fsp3) is 0.778. The molecule has 0 amide bonds. The molecule has 0 aromatic carbocycles. The van der Waals surface area contributed by atoms with Crippen molar-refractivity contribution in [3.05, 3.63) is 11.7 Å². The summed E-state index contributed by atoms with van der Waals surface area (Å²) in [6, 6.07) is 0. The van der Waals surface area contributed by atoms with Crippen LogP contribution in [0.5, 0.6) is 0 Å². The smallest absolute Gasteiger partial charge is 0.252 e. The third-order valence-electron chi connectivity index (χ3n) is 2.02. The Kier molecular flexibility index (Phi) is 4.55. The second-order valence-corrected chi connectivity index (χ2v) is 3.20. The van der Waals surface area contributed by atoms with Crippen molar-refractivity contribution < 1.29 is 9.26 Å².